The molecule has 0 radical (unpaired) electrons. The molecule has 1 N–H and O–H groups in total. The molecule has 7 heteroatoms. The van der Waals surface area contributed by atoms with Crippen LogP contribution in [0.15, 0.2) is 29.2 Å². The molecule has 1 atom stereocenters. The van der Waals surface area contributed by atoms with E-state index in [0.717, 1.165) is 12.8 Å². The summed E-state index contributed by atoms with van der Waals surface area (Å²) in [5.74, 6) is -0.543. The SMILES string of the molecule is CNC1CCCN(S(=O)(=O)c2cccc(C(=O)OC)c2)C1. The van der Waals surface area contributed by atoms with Crippen molar-refractivity contribution in [1.29, 1.82) is 0 Å². The monoisotopic (exact) mass is 312 g/mol. The number of nitrogens with zero attached hydrogens (tertiary/aromatic N) is 1. The van der Waals surface area contributed by atoms with Crippen molar-refractivity contribution in [2.45, 2.75) is 23.8 Å². The number of hydrogen-bond donors (Lipinski definition) is 1. The molecule has 1 fully saturated rings. The van der Waals surface area contributed by atoms with Crippen LogP contribution in [-0.4, -0.2) is 52.0 Å². The van der Waals surface area contributed by atoms with Gasteiger partial charge in [0.05, 0.1) is 17.6 Å². The van der Waals surface area contributed by atoms with Gasteiger partial charge in [0.1, 0.15) is 0 Å². The van der Waals surface area contributed by atoms with Crippen molar-refractivity contribution in [2.24, 2.45) is 0 Å². The van der Waals surface area contributed by atoms with Gasteiger partial charge in [-0.15, -0.1) is 0 Å². The zero-order valence-corrected chi connectivity index (χ0v) is 13.0. The van der Waals surface area contributed by atoms with Crippen LogP contribution in [0.2, 0.25) is 0 Å². The van der Waals surface area contributed by atoms with Crippen molar-refractivity contribution < 1.29 is 17.9 Å². The summed E-state index contributed by atoms with van der Waals surface area (Å²) < 4.78 is 31.4. The molecule has 21 heavy (non-hydrogen) atoms. The second-order valence-electron chi connectivity index (χ2n) is 5.01. The summed E-state index contributed by atoms with van der Waals surface area (Å²) in [4.78, 5) is 11.7. The van der Waals surface area contributed by atoms with Crippen LogP contribution < -0.4 is 5.32 Å². The lowest BCUT2D eigenvalue weighted by molar-refractivity contribution is 0.0600. The number of hydrogen-bond acceptors (Lipinski definition) is 5. The predicted octanol–water partition coefficient (Wildman–Crippen LogP) is 0.846. The van der Waals surface area contributed by atoms with Crippen LogP contribution in [0.5, 0.6) is 0 Å². The van der Waals surface area contributed by atoms with Gasteiger partial charge in [-0.2, -0.15) is 4.31 Å². The number of nitrogens with one attached hydrogen (secondary N) is 1. The van der Waals surface area contributed by atoms with E-state index in [2.05, 4.69) is 10.1 Å². The van der Waals surface area contributed by atoms with E-state index in [1.165, 1.54) is 29.6 Å². The first-order valence-electron chi connectivity index (χ1n) is 6.85. The van der Waals surface area contributed by atoms with E-state index in [9.17, 15) is 13.2 Å². The maximum atomic E-state index is 12.7. The van der Waals surface area contributed by atoms with Crippen molar-refractivity contribution in [3.05, 3.63) is 29.8 Å². The highest BCUT2D eigenvalue weighted by Gasteiger charge is 2.30. The molecule has 0 aliphatic carbocycles. The number of sulfonamides is 1. The Morgan fingerprint density at radius 2 is 2.19 bits per heavy atom. The third kappa shape index (κ3) is 3.42. The number of benzene rings is 1. The molecule has 1 heterocycles. The number of ether oxygens (including phenoxy) is 1. The van der Waals surface area contributed by atoms with Gasteiger partial charge in [-0.05, 0) is 38.1 Å². The first-order chi connectivity index (χ1) is 9.98. The number of likely N-dealkylation sites (N-methyl/N-ethyl adjacent to an activating group) is 1. The van der Waals surface area contributed by atoms with Crippen molar-refractivity contribution in [3.8, 4) is 0 Å². The second kappa shape index (κ2) is 6.55. The van der Waals surface area contributed by atoms with Crippen molar-refractivity contribution in [2.75, 3.05) is 27.2 Å². The Hall–Kier alpha value is -1.44. The molecule has 1 aromatic rings. The second-order valence-corrected chi connectivity index (χ2v) is 6.95. The lowest BCUT2D eigenvalue weighted by atomic mass is 10.1. The lowest BCUT2D eigenvalue weighted by Gasteiger charge is -2.31. The molecule has 0 spiro atoms. The van der Waals surface area contributed by atoms with E-state index in [1.807, 2.05) is 7.05 Å². The smallest absolute Gasteiger partial charge is 0.337 e. The quantitative estimate of drug-likeness (QED) is 0.834. The summed E-state index contributed by atoms with van der Waals surface area (Å²) in [6.07, 6.45) is 1.78. The lowest BCUT2D eigenvalue weighted by Crippen LogP contribution is -2.46. The fraction of sp³-hybridized carbons (Fsp3) is 0.500. The van der Waals surface area contributed by atoms with Gasteiger partial charge < -0.3 is 10.1 Å². The van der Waals surface area contributed by atoms with E-state index in [0.29, 0.717) is 13.1 Å². The molecular weight excluding hydrogens is 292 g/mol. The standard InChI is InChI=1S/C14H20N2O4S/c1-15-12-6-4-8-16(10-12)21(18,19)13-7-3-5-11(9-13)14(17)20-2/h3,5,7,9,12,15H,4,6,8,10H2,1-2H3. The van der Waals surface area contributed by atoms with E-state index in [4.69, 9.17) is 0 Å². The summed E-state index contributed by atoms with van der Waals surface area (Å²) >= 11 is 0. The normalized spacial score (nSPS) is 20.2. The third-order valence-corrected chi connectivity index (χ3v) is 5.55. The maximum absolute atomic E-state index is 12.7. The van der Waals surface area contributed by atoms with E-state index >= 15 is 0 Å². The molecule has 1 unspecified atom stereocenters. The topological polar surface area (TPSA) is 75.7 Å². The van der Waals surface area contributed by atoms with Gasteiger partial charge in [0.25, 0.3) is 0 Å². The van der Waals surface area contributed by atoms with Crippen LogP contribution in [0, 0.1) is 0 Å². The summed E-state index contributed by atoms with van der Waals surface area (Å²) in [6, 6.07) is 6.13. The molecule has 1 aromatic carbocycles. The Kier molecular flexibility index (Phi) is 4.97. The minimum absolute atomic E-state index is 0.127. The molecule has 2 rings (SSSR count). The highest BCUT2D eigenvalue weighted by molar-refractivity contribution is 7.89. The van der Waals surface area contributed by atoms with Gasteiger partial charge in [-0.3, -0.25) is 0 Å². The Labute approximate surface area is 125 Å². The molecule has 0 bridgehead atoms. The fourth-order valence-corrected chi connectivity index (χ4v) is 4.02. The molecule has 0 saturated carbocycles. The third-order valence-electron chi connectivity index (χ3n) is 3.69. The number of carbonyl (C=O) groups excluding carboxylic acids is 1. The first-order valence-corrected chi connectivity index (χ1v) is 8.29. The minimum atomic E-state index is -3.58. The van der Waals surface area contributed by atoms with E-state index in [-0.39, 0.29) is 16.5 Å². The minimum Gasteiger partial charge on any atom is -0.465 e. The maximum Gasteiger partial charge on any atom is 0.337 e. The summed E-state index contributed by atoms with van der Waals surface area (Å²) in [5.41, 5.74) is 0.237. The number of methoxy groups -OCH3 is 1. The van der Waals surface area contributed by atoms with E-state index < -0.39 is 16.0 Å². The van der Waals surface area contributed by atoms with Crippen LogP contribution in [0.3, 0.4) is 0 Å². The van der Waals surface area contributed by atoms with Crippen LogP contribution in [0.1, 0.15) is 23.2 Å². The highest BCUT2D eigenvalue weighted by Crippen LogP contribution is 2.21. The summed E-state index contributed by atoms with van der Waals surface area (Å²) in [7, 11) is -0.482. The zero-order chi connectivity index (χ0) is 15.5. The van der Waals surface area contributed by atoms with Gasteiger partial charge in [0, 0.05) is 19.1 Å². The molecule has 6 nitrogen and oxygen atoms in total. The molecule has 1 saturated heterocycles. The molecule has 116 valence electrons. The number of esters is 1. The van der Waals surface area contributed by atoms with Gasteiger partial charge in [0.15, 0.2) is 0 Å². The van der Waals surface area contributed by atoms with Crippen molar-refractivity contribution in [1.82, 2.24) is 9.62 Å². The Balaban J connectivity index is 2.29. The molecule has 0 amide bonds. The average molecular weight is 312 g/mol. The first kappa shape index (κ1) is 15.9. The predicted molar refractivity (Wildman–Crippen MR) is 78.6 cm³/mol. The van der Waals surface area contributed by atoms with Gasteiger partial charge in [-0.25, -0.2) is 13.2 Å². The summed E-state index contributed by atoms with van der Waals surface area (Å²) in [6.45, 7) is 0.949. The molecular formula is C14H20N2O4S. The molecule has 1 aliphatic rings. The van der Waals surface area contributed by atoms with Gasteiger partial charge in [0.2, 0.25) is 10.0 Å². The number of piperidine rings is 1. The van der Waals surface area contributed by atoms with Gasteiger partial charge >= 0.3 is 5.97 Å². The Bertz CT molecular complexity index is 615. The van der Waals surface area contributed by atoms with E-state index in [1.54, 1.807) is 6.07 Å². The largest absolute Gasteiger partial charge is 0.465 e. The van der Waals surface area contributed by atoms with Crippen molar-refractivity contribution >= 4 is 16.0 Å². The van der Waals surface area contributed by atoms with Gasteiger partial charge in [-0.1, -0.05) is 6.07 Å². The van der Waals surface area contributed by atoms with Crippen LogP contribution >= 0.6 is 0 Å². The zero-order valence-electron chi connectivity index (χ0n) is 12.2. The highest BCUT2D eigenvalue weighted by atomic mass is 32.2. The fourth-order valence-electron chi connectivity index (χ4n) is 2.45. The summed E-state index contributed by atoms with van der Waals surface area (Å²) in [5, 5.41) is 3.12. The number of carbonyl (C=O) groups is 1. The van der Waals surface area contributed by atoms with Crippen molar-refractivity contribution in [3.63, 3.8) is 0 Å². The Morgan fingerprint density at radius 1 is 1.43 bits per heavy atom. The number of rotatable bonds is 4. The molecule has 1 aliphatic heterocycles. The van der Waals surface area contributed by atoms with Crippen LogP contribution in [-0.2, 0) is 14.8 Å². The van der Waals surface area contributed by atoms with Crippen LogP contribution in [0.25, 0.3) is 0 Å². The molecule has 0 aromatic heterocycles. The Morgan fingerprint density at radius 3 is 2.86 bits per heavy atom. The average Bonchev–Trinajstić information content (AvgIpc) is 2.54. The van der Waals surface area contributed by atoms with Crippen LogP contribution in [0.4, 0.5) is 0 Å².